The fraction of sp³-hybridized carbons (Fsp3) is 0.364. The number of nitrogens with two attached hydrogens (primary N) is 1. The Kier molecular flexibility index (Phi) is 2.50. The van der Waals surface area contributed by atoms with E-state index in [1.165, 1.54) is 0 Å². The van der Waals surface area contributed by atoms with Gasteiger partial charge in [0.15, 0.2) is 0 Å². The van der Waals surface area contributed by atoms with E-state index in [9.17, 15) is 0 Å². The van der Waals surface area contributed by atoms with Gasteiger partial charge in [0.05, 0.1) is 11.7 Å². The van der Waals surface area contributed by atoms with E-state index in [2.05, 4.69) is 28.6 Å². The first-order valence-electron chi connectivity index (χ1n) is 5.00. The minimum atomic E-state index is 0.583. The average molecular weight is 189 g/mol. The molecule has 0 atom stereocenters. The van der Waals surface area contributed by atoms with Crippen molar-refractivity contribution in [3.8, 4) is 0 Å². The van der Waals surface area contributed by atoms with Crippen molar-refractivity contribution in [3.63, 3.8) is 0 Å². The standard InChI is InChI=1S/C11H15N3/c1-2-3-11-13-7-10-5-4-9(6-12)8-14(10)11/h4-5,7-8H,2-3,6,12H2,1H3. The predicted octanol–water partition coefficient (Wildman–Crippen LogP) is 1.75. The second-order valence-corrected chi connectivity index (χ2v) is 3.46. The molecular formula is C11H15N3. The number of rotatable bonds is 3. The zero-order valence-corrected chi connectivity index (χ0v) is 8.40. The lowest BCUT2D eigenvalue weighted by Crippen LogP contribution is -2.00. The van der Waals surface area contributed by atoms with E-state index in [0.29, 0.717) is 6.54 Å². The minimum Gasteiger partial charge on any atom is -0.326 e. The van der Waals surface area contributed by atoms with Gasteiger partial charge in [0.2, 0.25) is 0 Å². The molecule has 0 saturated carbocycles. The molecule has 74 valence electrons. The first-order chi connectivity index (χ1) is 6.85. The number of aryl methyl sites for hydroxylation is 1. The van der Waals surface area contributed by atoms with Gasteiger partial charge in [-0.3, -0.25) is 0 Å². The highest BCUT2D eigenvalue weighted by molar-refractivity contribution is 5.47. The van der Waals surface area contributed by atoms with Gasteiger partial charge in [-0.25, -0.2) is 4.98 Å². The van der Waals surface area contributed by atoms with Crippen molar-refractivity contribution in [1.82, 2.24) is 9.38 Å². The van der Waals surface area contributed by atoms with Gasteiger partial charge in [0.25, 0.3) is 0 Å². The molecule has 0 saturated heterocycles. The molecule has 2 N–H and O–H groups in total. The smallest absolute Gasteiger partial charge is 0.113 e. The molecule has 2 heterocycles. The number of hydrogen-bond acceptors (Lipinski definition) is 2. The number of aromatic nitrogens is 2. The maximum absolute atomic E-state index is 5.60. The molecule has 0 bridgehead atoms. The topological polar surface area (TPSA) is 43.3 Å². The Balaban J connectivity index is 2.52. The van der Waals surface area contributed by atoms with Gasteiger partial charge in [-0.15, -0.1) is 0 Å². The average Bonchev–Trinajstić information content (AvgIpc) is 2.61. The Morgan fingerprint density at radius 3 is 3.00 bits per heavy atom. The largest absolute Gasteiger partial charge is 0.326 e. The van der Waals surface area contributed by atoms with Crippen molar-refractivity contribution in [2.75, 3.05) is 0 Å². The summed E-state index contributed by atoms with van der Waals surface area (Å²) in [6, 6.07) is 4.11. The minimum absolute atomic E-state index is 0.583. The summed E-state index contributed by atoms with van der Waals surface area (Å²) in [6.45, 7) is 2.74. The van der Waals surface area contributed by atoms with E-state index in [1.54, 1.807) is 0 Å². The van der Waals surface area contributed by atoms with E-state index < -0.39 is 0 Å². The molecule has 0 spiro atoms. The summed E-state index contributed by atoms with van der Waals surface area (Å²) in [7, 11) is 0. The number of nitrogens with zero attached hydrogens (tertiary/aromatic N) is 2. The van der Waals surface area contributed by atoms with Crippen molar-refractivity contribution in [2.24, 2.45) is 5.73 Å². The fourth-order valence-electron chi connectivity index (χ4n) is 1.62. The summed E-state index contributed by atoms with van der Waals surface area (Å²) in [6.07, 6.45) is 6.12. The molecule has 0 unspecified atom stereocenters. The summed E-state index contributed by atoms with van der Waals surface area (Å²) in [5.74, 6) is 1.12. The Hall–Kier alpha value is -1.35. The monoisotopic (exact) mass is 189 g/mol. The van der Waals surface area contributed by atoms with Crippen LogP contribution in [-0.4, -0.2) is 9.38 Å². The second kappa shape index (κ2) is 3.80. The Morgan fingerprint density at radius 1 is 1.43 bits per heavy atom. The quantitative estimate of drug-likeness (QED) is 0.799. The van der Waals surface area contributed by atoms with E-state index in [1.807, 2.05) is 12.3 Å². The fourth-order valence-corrected chi connectivity index (χ4v) is 1.62. The van der Waals surface area contributed by atoms with Crippen LogP contribution in [0.4, 0.5) is 0 Å². The van der Waals surface area contributed by atoms with Crippen LogP contribution in [0.5, 0.6) is 0 Å². The normalized spacial score (nSPS) is 11.0. The van der Waals surface area contributed by atoms with Crippen LogP contribution in [-0.2, 0) is 13.0 Å². The van der Waals surface area contributed by atoms with Gasteiger partial charge >= 0.3 is 0 Å². The number of pyridine rings is 1. The third-order valence-electron chi connectivity index (χ3n) is 2.37. The lowest BCUT2D eigenvalue weighted by molar-refractivity contribution is 0.826. The molecule has 3 nitrogen and oxygen atoms in total. The van der Waals surface area contributed by atoms with Gasteiger partial charge < -0.3 is 10.1 Å². The summed E-state index contributed by atoms with van der Waals surface area (Å²) >= 11 is 0. The third-order valence-corrected chi connectivity index (χ3v) is 2.37. The molecule has 2 aromatic rings. The predicted molar refractivity (Wildman–Crippen MR) is 57.1 cm³/mol. The van der Waals surface area contributed by atoms with Gasteiger partial charge in [-0.2, -0.15) is 0 Å². The molecule has 0 amide bonds. The number of imidazole rings is 1. The van der Waals surface area contributed by atoms with Crippen molar-refractivity contribution in [3.05, 3.63) is 35.9 Å². The third kappa shape index (κ3) is 1.51. The van der Waals surface area contributed by atoms with Crippen LogP contribution in [0.25, 0.3) is 5.52 Å². The maximum atomic E-state index is 5.60. The first-order valence-corrected chi connectivity index (χ1v) is 5.00. The van der Waals surface area contributed by atoms with Crippen LogP contribution in [0.2, 0.25) is 0 Å². The summed E-state index contributed by atoms with van der Waals surface area (Å²) in [5, 5.41) is 0. The molecular weight excluding hydrogens is 174 g/mol. The molecule has 2 rings (SSSR count). The SMILES string of the molecule is CCCc1ncc2ccc(CN)cn12. The van der Waals surface area contributed by atoms with Gasteiger partial charge in [-0.05, 0) is 18.1 Å². The van der Waals surface area contributed by atoms with E-state index >= 15 is 0 Å². The van der Waals surface area contributed by atoms with Crippen LogP contribution in [0.15, 0.2) is 24.5 Å². The Bertz CT molecular complexity index is 431. The zero-order valence-electron chi connectivity index (χ0n) is 8.40. The number of fused-ring (bicyclic) bond motifs is 1. The van der Waals surface area contributed by atoms with Gasteiger partial charge in [-0.1, -0.05) is 13.0 Å². The zero-order chi connectivity index (χ0) is 9.97. The highest BCUT2D eigenvalue weighted by Gasteiger charge is 2.02. The molecule has 3 heteroatoms. The van der Waals surface area contributed by atoms with Crippen molar-refractivity contribution in [2.45, 2.75) is 26.3 Å². The molecule has 0 radical (unpaired) electrons. The lowest BCUT2D eigenvalue weighted by Gasteiger charge is -2.02. The Morgan fingerprint density at radius 2 is 2.29 bits per heavy atom. The van der Waals surface area contributed by atoms with E-state index in [-0.39, 0.29) is 0 Å². The van der Waals surface area contributed by atoms with Gasteiger partial charge in [0, 0.05) is 19.2 Å². The van der Waals surface area contributed by atoms with Crippen LogP contribution in [0.3, 0.4) is 0 Å². The van der Waals surface area contributed by atoms with E-state index in [0.717, 1.165) is 29.7 Å². The maximum Gasteiger partial charge on any atom is 0.113 e. The summed E-state index contributed by atoms with van der Waals surface area (Å²) < 4.78 is 2.13. The molecule has 0 aliphatic heterocycles. The second-order valence-electron chi connectivity index (χ2n) is 3.46. The van der Waals surface area contributed by atoms with Crippen molar-refractivity contribution >= 4 is 5.52 Å². The highest BCUT2D eigenvalue weighted by atomic mass is 15.0. The highest BCUT2D eigenvalue weighted by Crippen LogP contribution is 2.10. The van der Waals surface area contributed by atoms with Gasteiger partial charge in [0.1, 0.15) is 5.82 Å². The summed E-state index contributed by atoms with van der Waals surface area (Å²) in [5.41, 5.74) is 7.89. The molecule has 14 heavy (non-hydrogen) atoms. The molecule has 0 aliphatic rings. The van der Waals surface area contributed by atoms with Crippen LogP contribution in [0.1, 0.15) is 24.7 Å². The lowest BCUT2D eigenvalue weighted by atomic mass is 10.2. The molecule has 0 aromatic carbocycles. The van der Waals surface area contributed by atoms with Crippen molar-refractivity contribution < 1.29 is 0 Å². The summed E-state index contributed by atoms with van der Waals surface area (Å²) in [4.78, 5) is 4.38. The van der Waals surface area contributed by atoms with Crippen LogP contribution >= 0.6 is 0 Å². The molecule has 0 fully saturated rings. The Labute approximate surface area is 83.6 Å². The van der Waals surface area contributed by atoms with E-state index in [4.69, 9.17) is 5.73 Å². The first kappa shape index (κ1) is 9.21. The van der Waals surface area contributed by atoms with Crippen LogP contribution < -0.4 is 5.73 Å². The molecule has 0 aliphatic carbocycles. The molecule has 2 aromatic heterocycles. The van der Waals surface area contributed by atoms with Crippen LogP contribution in [0, 0.1) is 0 Å². The number of hydrogen-bond donors (Lipinski definition) is 1. The van der Waals surface area contributed by atoms with Crippen molar-refractivity contribution in [1.29, 1.82) is 0 Å².